The van der Waals surface area contributed by atoms with Crippen molar-refractivity contribution in [1.82, 2.24) is 0 Å². The molecular weight excluding hydrogens is 295 g/mol. The lowest BCUT2D eigenvalue weighted by Crippen LogP contribution is -2.05. The number of aryl methyl sites for hydroxylation is 1. The van der Waals surface area contributed by atoms with Crippen LogP contribution in [0.25, 0.3) is 0 Å². The van der Waals surface area contributed by atoms with E-state index in [4.69, 9.17) is 9.05 Å². The molecule has 0 aliphatic rings. The van der Waals surface area contributed by atoms with Crippen LogP contribution in [0, 0.1) is 6.92 Å². The zero-order chi connectivity index (χ0) is 15.9. The molecule has 0 heterocycles. The molecule has 0 aliphatic carbocycles. The highest BCUT2D eigenvalue weighted by Crippen LogP contribution is 2.57. The molecule has 2 aromatic rings. The van der Waals surface area contributed by atoms with E-state index in [1.165, 1.54) is 0 Å². The first-order valence-corrected chi connectivity index (χ1v) is 8.81. The summed E-state index contributed by atoms with van der Waals surface area (Å²) in [5.74, 6) is 0.284. The van der Waals surface area contributed by atoms with E-state index in [2.05, 4.69) is 12.1 Å². The van der Waals surface area contributed by atoms with Gasteiger partial charge < -0.3 is 14.2 Å². The highest BCUT2D eigenvalue weighted by atomic mass is 31.2. The van der Waals surface area contributed by atoms with Crippen molar-refractivity contribution in [3.8, 4) is 5.75 Å². The third kappa shape index (κ3) is 4.07. The van der Waals surface area contributed by atoms with Crippen molar-refractivity contribution in [3.63, 3.8) is 0 Å². The van der Waals surface area contributed by atoms with E-state index in [0.29, 0.717) is 13.2 Å². The summed E-state index contributed by atoms with van der Waals surface area (Å²) in [4.78, 5) is 0. The Morgan fingerprint density at radius 1 is 1.00 bits per heavy atom. The van der Waals surface area contributed by atoms with Crippen LogP contribution in [0.3, 0.4) is 0 Å². The Morgan fingerprint density at radius 2 is 1.64 bits per heavy atom. The van der Waals surface area contributed by atoms with Gasteiger partial charge in [0.05, 0.1) is 18.9 Å². The molecule has 22 heavy (non-hydrogen) atoms. The first kappa shape index (κ1) is 17.0. The standard InChI is InChI=1S/C18H23O3P/c1-4-20-22(21-5-2)18(15-9-7-6-8-10-15)16-13-14(3)11-12-17(16)19/h6-13,18-19H,4-5H2,1-3H3. The van der Waals surface area contributed by atoms with Gasteiger partial charge in [-0.3, -0.25) is 0 Å². The van der Waals surface area contributed by atoms with Crippen LogP contribution in [0.4, 0.5) is 0 Å². The van der Waals surface area contributed by atoms with Crippen molar-refractivity contribution < 1.29 is 14.2 Å². The molecule has 0 bridgehead atoms. The fourth-order valence-electron chi connectivity index (χ4n) is 2.38. The molecule has 1 atom stereocenters. The quantitative estimate of drug-likeness (QED) is 0.715. The fourth-order valence-corrected chi connectivity index (χ4v) is 4.12. The van der Waals surface area contributed by atoms with Gasteiger partial charge in [-0.05, 0) is 32.4 Å². The second-order valence-corrected chi connectivity index (χ2v) is 6.60. The van der Waals surface area contributed by atoms with Crippen molar-refractivity contribution in [2.75, 3.05) is 13.2 Å². The zero-order valence-corrected chi connectivity index (χ0v) is 14.2. The van der Waals surface area contributed by atoms with E-state index in [-0.39, 0.29) is 11.4 Å². The Hall–Kier alpha value is -1.41. The second kappa shape index (κ2) is 8.28. The molecule has 0 fully saturated rings. The molecule has 4 heteroatoms. The second-order valence-electron chi connectivity index (χ2n) is 5.00. The Kier molecular flexibility index (Phi) is 6.38. The fraction of sp³-hybridized carbons (Fsp3) is 0.333. The number of hydrogen-bond donors (Lipinski definition) is 1. The molecule has 2 aromatic carbocycles. The SMILES string of the molecule is CCOP(OCC)C(c1ccccc1)c1cc(C)ccc1O. The normalized spacial score (nSPS) is 12.5. The molecule has 3 nitrogen and oxygen atoms in total. The number of benzene rings is 2. The number of hydrogen-bond acceptors (Lipinski definition) is 3. The van der Waals surface area contributed by atoms with Gasteiger partial charge in [0, 0.05) is 5.56 Å². The van der Waals surface area contributed by atoms with Gasteiger partial charge in [0.1, 0.15) is 5.75 Å². The van der Waals surface area contributed by atoms with E-state index in [9.17, 15) is 5.11 Å². The predicted octanol–water partition coefficient (Wildman–Crippen LogP) is 5.17. The maximum Gasteiger partial charge on any atom is 0.183 e. The lowest BCUT2D eigenvalue weighted by atomic mass is 10.0. The van der Waals surface area contributed by atoms with Crippen LogP contribution in [0.2, 0.25) is 0 Å². The van der Waals surface area contributed by atoms with Crippen LogP contribution in [0.5, 0.6) is 5.75 Å². The minimum Gasteiger partial charge on any atom is -0.508 e. The third-order valence-corrected chi connectivity index (χ3v) is 5.34. The van der Waals surface area contributed by atoms with Gasteiger partial charge in [-0.1, -0.05) is 48.0 Å². The van der Waals surface area contributed by atoms with Crippen LogP contribution < -0.4 is 0 Å². The first-order chi connectivity index (χ1) is 10.7. The monoisotopic (exact) mass is 318 g/mol. The van der Waals surface area contributed by atoms with Gasteiger partial charge in [-0.25, -0.2) is 0 Å². The molecule has 118 valence electrons. The van der Waals surface area contributed by atoms with Crippen molar-refractivity contribution >= 4 is 8.38 Å². The van der Waals surface area contributed by atoms with Gasteiger partial charge in [0.25, 0.3) is 0 Å². The van der Waals surface area contributed by atoms with Gasteiger partial charge in [0.2, 0.25) is 0 Å². The number of phenolic OH excluding ortho intramolecular Hbond substituents is 1. The first-order valence-electron chi connectivity index (χ1n) is 7.56. The summed E-state index contributed by atoms with van der Waals surface area (Å²) in [6, 6.07) is 15.8. The average Bonchev–Trinajstić information content (AvgIpc) is 2.52. The van der Waals surface area contributed by atoms with Gasteiger partial charge >= 0.3 is 0 Å². The van der Waals surface area contributed by atoms with Crippen molar-refractivity contribution in [3.05, 3.63) is 65.2 Å². The molecule has 0 amide bonds. The predicted molar refractivity (Wildman–Crippen MR) is 91.3 cm³/mol. The van der Waals surface area contributed by atoms with E-state index in [1.807, 2.05) is 51.1 Å². The van der Waals surface area contributed by atoms with E-state index in [0.717, 1.165) is 16.7 Å². The van der Waals surface area contributed by atoms with Gasteiger partial charge in [-0.2, -0.15) is 0 Å². The Labute approximate surface area is 133 Å². The molecule has 2 rings (SSSR count). The molecule has 0 radical (unpaired) electrons. The molecule has 0 aromatic heterocycles. The van der Waals surface area contributed by atoms with E-state index < -0.39 is 8.38 Å². The number of rotatable bonds is 7. The molecule has 0 saturated carbocycles. The maximum atomic E-state index is 10.4. The topological polar surface area (TPSA) is 38.7 Å². The molecule has 0 aliphatic heterocycles. The average molecular weight is 318 g/mol. The molecular formula is C18H23O3P. The summed E-state index contributed by atoms with van der Waals surface area (Å²) < 4.78 is 11.8. The largest absolute Gasteiger partial charge is 0.508 e. The van der Waals surface area contributed by atoms with Crippen LogP contribution in [0.1, 0.15) is 36.2 Å². The van der Waals surface area contributed by atoms with Crippen LogP contribution in [0.15, 0.2) is 48.5 Å². The number of aromatic hydroxyl groups is 1. The van der Waals surface area contributed by atoms with Crippen LogP contribution in [-0.4, -0.2) is 18.3 Å². The highest BCUT2D eigenvalue weighted by Gasteiger charge is 2.29. The summed E-state index contributed by atoms with van der Waals surface area (Å²) in [6.45, 7) is 7.12. The van der Waals surface area contributed by atoms with Crippen molar-refractivity contribution in [2.45, 2.75) is 26.4 Å². The highest BCUT2D eigenvalue weighted by molar-refractivity contribution is 7.48. The molecule has 0 spiro atoms. The Morgan fingerprint density at radius 3 is 2.23 bits per heavy atom. The van der Waals surface area contributed by atoms with Gasteiger partial charge in [0.15, 0.2) is 8.38 Å². The Bertz CT molecular complexity index is 580. The lowest BCUT2D eigenvalue weighted by molar-refractivity contribution is 0.264. The van der Waals surface area contributed by atoms with E-state index >= 15 is 0 Å². The summed E-state index contributed by atoms with van der Waals surface area (Å²) >= 11 is 0. The van der Waals surface area contributed by atoms with Crippen molar-refractivity contribution in [1.29, 1.82) is 0 Å². The summed E-state index contributed by atoms with van der Waals surface area (Å²) in [5.41, 5.74) is 2.96. The van der Waals surface area contributed by atoms with E-state index in [1.54, 1.807) is 6.07 Å². The lowest BCUT2D eigenvalue weighted by Gasteiger charge is -2.27. The van der Waals surface area contributed by atoms with Gasteiger partial charge in [-0.15, -0.1) is 0 Å². The Balaban J connectivity index is 2.51. The smallest absolute Gasteiger partial charge is 0.183 e. The minimum absolute atomic E-state index is 0.101. The molecule has 1 unspecified atom stereocenters. The van der Waals surface area contributed by atoms with Crippen molar-refractivity contribution in [2.24, 2.45) is 0 Å². The minimum atomic E-state index is -1.17. The molecule has 1 N–H and O–H groups in total. The zero-order valence-electron chi connectivity index (χ0n) is 13.3. The summed E-state index contributed by atoms with van der Waals surface area (Å²) in [5, 5.41) is 10.4. The van der Waals surface area contributed by atoms with Crippen LogP contribution >= 0.6 is 8.38 Å². The summed E-state index contributed by atoms with van der Waals surface area (Å²) in [7, 11) is -1.17. The molecule has 0 saturated heterocycles. The number of phenols is 1. The maximum absolute atomic E-state index is 10.4. The van der Waals surface area contributed by atoms with Crippen LogP contribution in [-0.2, 0) is 9.05 Å². The third-order valence-electron chi connectivity index (χ3n) is 3.32. The summed E-state index contributed by atoms with van der Waals surface area (Å²) in [6.07, 6.45) is 0.